The van der Waals surface area contributed by atoms with Crippen molar-refractivity contribution in [3.8, 4) is 0 Å². The fourth-order valence-electron chi connectivity index (χ4n) is 1.77. The second kappa shape index (κ2) is 5.59. The summed E-state index contributed by atoms with van der Waals surface area (Å²) in [6, 6.07) is 4.16. The number of hydrogen-bond acceptors (Lipinski definition) is 3. The van der Waals surface area contributed by atoms with E-state index in [1.807, 2.05) is 0 Å². The van der Waals surface area contributed by atoms with Crippen LogP contribution in [-0.4, -0.2) is 24.5 Å². The smallest absolute Gasteiger partial charge is 0.339 e. The number of sulfonamides is 1. The van der Waals surface area contributed by atoms with Gasteiger partial charge < -0.3 is 10.1 Å². The number of carboxylic acids is 1. The average Bonchev–Trinajstić information content (AvgIpc) is 2.72. The number of anilines is 1. The zero-order valence-electron chi connectivity index (χ0n) is 10.6. The molecular weight excluding hydrogens is 339 g/mol. The standard InChI is InChI=1S/C12H10Cl2N2O4S/c1-6-10(12(17)18)8(5-15-6)16-21(19,20)9-4-2-3-7(13)11(9)14/h2-5,15-16H,1H3,(H,17,18). The van der Waals surface area contributed by atoms with E-state index in [1.165, 1.54) is 31.3 Å². The molecule has 0 aliphatic rings. The van der Waals surface area contributed by atoms with Crippen LogP contribution in [0.25, 0.3) is 0 Å². The van der Waals surface area contributed by atoms with Crippen LogP contribution in [-0.2, 0) is 10.0 Å². The zero-order valence-corrected chi connectivity index (χ0v) is 13.0. The molecule has 0 spiro atoms. The molecule has 2 aromatic rings. The molecule has 0 radical (unpaired) electrons. The van der Waals surface area contributed by atoms with Crippen LogP contribution < -0.4 is 4.72 Å². The molecule has 21 heavy (non-hydrogen) atoms. The Balaban J connectivity index is 2.48. The number of aromatic amines is 1. The quantitative estimate of drug-likeness (QED) is 0.790. The molecule has 1 aromatic heterocycles. The molecule has 0 unspecified atom stereocenters. The minimum absolute atomic E-state index is 0.0731. The molecule has 6 nitrogen and oxygen atoms in total. The highest BCUT2D eigenvalue weighted by Crippen LogP contribution is 2.31. The summed E-state index contributed by atoms with van der Waals surface area (Å²) in [7, 11) is -4.06. The molecule has 0 saturated carbocycles. The minimum Gasteiger partial charge on any atom is -0.478 e. The van der Waals surface area contributed by atoms with Crippen molar-refractivity contribution >= 4 is 44.9 Å². The van der Waals surface area contributed by atoms with Crippen LogP contribution in [0.15, 0.2) is 29.3 Å². The van der Waals surface area contributed by atoms with Gasteiger partial charge in [0, 0.05) is 11.9 Å². The maximum atomic E-state index is 12.3. The van der Waals surface area contributed by atoms with E-state index in [1.54, 1.807) is 0 Å². The Labute approximate surface area is 130 Å². The first kappa shape index (κ1) is 15.7. The summed E-state index contributed by atoms with van der Waals surface area (Å²) in [5, 5.41) is 9.06. The van der Waals surface area contributed by atoms with Crippen LogP contribution in [0.4, 0.5) is 5.69 Å². The van der Waals surface area contributed by atoms with E-state index in [2.05, 4.69) is 9.71 Å². The first-order valence-electron chi connectivity index (χ1n) is 5.62. The van der Waals surface area contributed by atoms with Gasteiger partial charge in [0.15, 0.2) is 0 Å². The van der Waals surface area contributed by atoms with Crippen molar-refractivity contribution in [2.24, 2.45) is 0 Å². The number of aryl methyl sites for hydroxylation is 1. The Morgan fingerprint density at radius 2 is 2.00 bits per heavy atom. The molecule has 9 heteroatoms. The second-order valence-electron chi connectivity index (χ2n) is 4.16. The van der Waals surface area contributed by atoms with Crippen molar-refractivity contribution < 1.29 is 18.3 Å². The van der Waals surface area contributed by atoms with E-state index in [0.717, 1.165) is 0 Å². The fourth-order valence-corrected chi connectivity index (χ4v) is 3.60. The number of nitrogens with one attached hydrogen (secondary N) is 2. The fraction of sp³-hybridized carbons (Fsp3) is 0.0833. The van der Waals surface area contributed by atoms with Crippen molar-refractivity contribution in [3.05, 3.63) is 45.7 Å². The molecule has 0 saturated heterocycles. The maximum absolute atomic E-state index is 12.3. The van der Waals surface area contributed by atoms with E-state index in [4.69, 9.17) is 28.3 Å². The summed E-state index contributed by atoms with van der Waals surface area (Å²) in [6.07, 6.45) is 1.26. The molecule has 0 aliphatic heterocycles. The van der Waals surface area contributed by atoms with Gasteiger partial charge in [0.1, 0.15) is 10.5 Å². The third kappa shape index (κ3) is 2.99. The number of benzene rings is 1. The lowest BCUT2D eigenvalue weighted by molar-refractivity contribution is 0.0697. The number of halogens is 2. The Hall–Kier alpha value is -1.70. The van der Waals surface area contributed by atoms with E-state index < -0.39 is 16.0 Å². The first-order chi connectivity index (χ1) is 9.74. The summed E-state index contributed by atoms with van der Waals surface area (Å²) in [5.41, 5.74) is 0.102. The molecule has 0 atom stereocenters. The Bertz CT molecular complexity index is 815. The summed E-state index contributed by atoms with van der Waals surface area (Å²) in [4.78, 5) is 13.6. The molecule has 3 N–H and O–H groups in total. The van der Waals surface area contributed by atoms with E-state index in [-0.39, 0.29) is 26.2 Å². The van der Waals surface area contributed by atoms with Gasteiger partial charge in [-0.2, -0.15) is 0 Å². The summed E-state index contributed by atoms with van der Waals surface area (Å²) in [5.74, 6) is -1.25. The molecule has 1 heterocycles. The van der Waals surface area contributed by atoms with Crippen LogP contribution in [0.3, 0.4) is 0 Å². The largest absolute Gasteiger partial charge is 0.478 e. The van der Waals surface area contributed by atoms with Gasteiger partial charge in [-0.05, 0) is 19.1 Å². The van der Waals surface area contributed by atoms with Crippen molar-refractivity contribution in [2.75, 3.05) is 4.72 Å². The average molecular weight is 349 g/mol. The van der Waals surface area contributed by atoms with Gasteiger partial charge in [0.05, 0.1) is 15.7 Å². The van der Waals surface area contributed by atoms with E-state index in [0.29, 0.717) is 5.69 Å². The Morgan fingerprint density at radius 3 is 2.62 bits per heavy atom. The third-order valence-electron chi connectivity index (χ3n) is 2.74. The lowest BCUT2D eigenvalue weighted by Crippen LogP contribution is -2.15. The predicted molar refractivity (Wildman–Crippen MR) is 79.8 cm³/mol. The number of carbonyl (C=O) groups is 1. The molecule has 112 valence electrons. The zero-order chi connectivity index (χ0) is 15.8. The second-order valence-corrected chi connectivity index (χ2v) is 6.60. The molecule has 0 bridgehead atoms. The van der Waals surface area contributed by atoms with Gasteiger partial charge in [-0.15, -0.1) is 0 Å². The Kier molecular flexibility index (Phi) is 4.18. The predicted octanol–water partition coefficient (Wildman–Crippen LogP) is 3.13. The van der Waals surface area contributed by atoms with Crippen molar-refractivity contribution in [3.63, 3.8) is 0 Å². The summed E-state index contributed by atoms with van der Waals surface area (Å²) < 4.78 is 26.8. The highest BCUT2D eigenvalue weighted by molar-refractivity contribution is 7.92. The van der Waals surface area contributed by atoms with Crippen LogP contribution >= 0.6 is 23.2 Å². The van der Waals surface area contributed by atoms with Crippen LogP contribution in [0.2, 0.25) is 10.0 Å². The molecule has 0 aliphatic carbocycles. The monoisotopic (exact) mass is 348 g/mol. The lowest BCUT2D eigenvalue weighted by atomic mass is 10.2. The highest BCUT2D eigenvalue weighted by atomic mass is 35.5. The summed E-state index contributed by atoms with van der Waals surface area (Å²) in [6.45, 7) is 1.52. The van der Waals surface area contributed by atoms with Crippen molar-refractivity contribution in [1.82, 2.24) is 4.98 Å². The van der Waals surface area contributed by atoms with Gasteiger partial charge >= 0.3 is 5.97 Å². The molecule has 0 fully saturated rings. The number of aromatic carboxylic acids is 1. The van der Waals surface area contributed by atoms with Gasteiger partial charge in [-0.25, -0.2) is 13.2 Å². The molecular formula is C12H10Cl2N2O4S. The van der Waals surface area contributed by atoms with Crippen molar-refractivity contribution in [1.29, 1.82) is 0 Å². The topological polar surface area (TPSA) is 99.3 Å². The van der Waals surface area contributed by atoms with E-state index >= 15 is 0 Å². The lowest BCUT2D eigenvalue weighted by Gasteiger charge is -2.10. The Morgan fingerprint density at radius 1 is 1.33 bits per heavy atom. The summed E-state index contributed by atoms with van der Waals surface area (Å²) >= 11 is 11.7. The van der Waals surface area contributed by atoms with Crippen LogP contribution in [0.1, 0.15) is 16.1 Å². The van der Waals surface area contributed by atoms with Gasteiger partial charge in [0.2, 0.25) is 0 Å². The SMILES string of the molecule is Cc1[nH]cc(NS(=O)(=O)c2cccc(Cl)c2Cl)c1C(=O)O. The normalized spacial score (nSPS) is 11.4. The number of H-pyrrole nitrogens is 1. The third-order valence-corrected chi connectivity index (χ3v) is 5.08. The number of aromatic nitrogens is 1. The number of rotatable bonds is 4. The molecule has 0 amide bonds. The minimum atomic E-state index is -4.06. The molecule has 2 rings (SSSR count). The van der Waals surface area contributed by atoms with Gasteiger partial charge in [0.25, 0.3) is 10.0 Å². The van der Waals surface area contributed by atoms with E-state index in [9.17, 15) is 13.2 Å². The highest BCUT2D eigenvalue weighted by Gasteiger charge is 2.23. The van der Waals surface area contributed by atoms with Crippen LogP contribution in [0, 0.1) is 6.92 Å². The van der Waals surface area contributed by atoms with Crippen LogP contribution in [0.5, 0.6) is 0 Å². The molecule has 1 aromatic carbocycles. The maximum Gasteiger partial charge on any atom is 0.339 e. The van der Waals surface area contributed by atoms with Gasteiger partial charge in [-0.3, -0.25) is 4.72 Å². The first-order valence-corrected chi connectivity index (χ1v) is 7.86. The number of hydrogen-bond donors (Lipinski definition) is 3. The van der Waals surface area contributed by atoms with Gasteiger partial charge in [-0.1, -0.05) is 29.3 Å². The van der Waals surface area contributed by atoms with Crippen molar-refractivity contribution in [2.45, 2.75) is 11.8 Å². The number of carboxylic acid groups (broad SMARTS) is 1.